The molecule has 0 aromatic heterocycles. The van der Waals surface area contributed by atoms with Crippen LogP contribution in [0.3, 0.4) is 0 Å². The number of anilines is 1. The predicted molar refractivity (Wildman–Crippen MR) is 110 cm³/mol. The van der Waals surface area contributed by atoms with Gasteiger partial charge in [0, 0.05) is 22.8 Å². The van der Waals surface area contributed by atoms with Crippen molar-refractivity contribution in [3.8, 4) is 11.5 Å². The van der Waals surface area contributed by atoms with Gasteiger partial charge in [-0.25, -0.2) is 8.42 Å². The molecule has 0 radical (unpaired) electrons. The first-order valence-corrected chi connectivity index (χ1v) is 11.1. The van der Waals surface area contributed by atoms with E-state index in [0.717, 1.165) is 4.31 Å². The van der Waals surface area contributed by atoms with E-state index in [9.17, 15) is 13.2 Å². The summed E-state index contributed by atoms with van der Waals surface area (Å²) in [7, 11) is -3.93. The number of benzene rings is 2. The third-order valence-corrected chi connectivity index (χ3v) is 6.91. The molecule has 3 rings (SSSR count). The molecule has 0 aliphatic carbocycles. The number of carbonyl (C=O) groups is 1. The molecule has 0 spiro atoms. The SMILES string of the molecule is CCN(CC(=O)Nc1ccc2c(c1)OCCO2)S(=O)(=O)c1ccc(Br)cc1Cl. The van der Waals surface area contributed by atoms with Crippen LogP contribution in [-0.4, -0.2) is 44.9 Å². The second kappa shape index (κ2) is 8.69. The smallest absolute Gasteiger partial charge is 0.245 e. The van der Waals surface area contributed by atoms with Crippen LogP contribution in [0.4, 0.5) is 5.69 Å². The molecule has 28 heavy (non-hydrogen) atoms. The van der Waals surface area contributed by atoms with Crippen molar-refractivity contribution in [2.75, 3.05) is 31.6 Å². The molecule has 1 aliphatic rings. The quantitative estimate of drug-likeness (QED) is 0.671. The van der Waals surface area contributed by atoms with E-state index in [0.29, 0.717) is 34.9 Å². The highest BCUT2D eigenvalue weighted by atomic mass is 79.9. The Bertz CT molecular complexity index is 999. The Labute approximate surface area is 176 Å². The molecule has 0 unspecified atom stereocenters. The van der Waals surface area contributed by atoms with Gasteiger partial charge in [-0.2, -0.15) is 4.31 Å². The fraction of sp³-hybridized carbons (Fsp3) is 0.278. The zero-order valence-electron chi connectivity index (χ0n) is 14.9. The maximum atomic E-state index is 12.9. The number of hydrogen-bond acceptors (Lipinski definition) is 5. The minimum Gasteiger partial charge on any atom is -0.486 e. The third-order valence-electron chi connectivity index (χ3n) is 4.01. The van der Waals surface area contributed by atoms with E-state index in [-0.39, 0.29) is 23.0 Å². The van der Waals surface area contributed by atoms with E-state index < -0.39 is 15.9 Å². The van der Waals surface area contributed by atoms with Crippen molar-refractivity contribution >= 4 is 49.1 Å². The Morgan fingerprint density at radius 3 is 2.57 bits per heavy atom. The molecule has 1 heterocycles. The lowest BCUT2D eigenvalue weighted by Crippen LogP contribution is -2.38. The lowest BCUT2D eigenvalue weighted by Gasteiger charge is -2.21. The summed E-state index contributed by atoms with van der Waals surface area (Å²) in [5.41, 5.74) is 0.490. The van der Waals surface area contributed by atoms with Crippen molar-refractivity contribution in [2.24, 2.45) is 0 Å². The number of nitrogens with one attached hydrogen (secondary N) is 1. The van der Waals surface area contributed by atoms with Crippen LogP contribution >= 0.6 is 27.5 Å². The van der Waals surface area contributed by atoms with Gasteiger partial charge in [0.05, 0.1) is 11.6 Å². The average Bonchev–Trinajstić information content (AvgIpc) is 2.65. The van der Waals surface area contributed by atoms with E-state index >= 15 is 0 Å². The highest BCUT2D eigenvalue weighted by Crippen LogP contribution is 2.32. The molecule has 2 aromatic carbocycles. The van der Waals surface area contributed by atoms with Crippen LogP contribution in [0.15, 0.2) is 45.8 Å². The lowest BCUT2D eigenvalue weighted by atomic mass is 10.2. The standard InChI is InChI=1S/C18H18BrClN2O5S/c1-2-22(28(24,25)17-6-3-12(19)9-14(17)20)11-18(23)21-13-4-5-15-16(10-13)27-8-7-26-15/h3-6,9-10H,2,7-8,11H2,1H3,(H,21,23). The van der Waals surface area contributed by atoms with Crippen molar-refractivity contribution in [3.63, 3.8) is 0 Å². The maximum Gasteiger partial charge on any atom is 0.245 e. The maximum absolute atomic E-state index is 12.9. The van der Waals surface area contributed by atoms with Gasteiger partial charge < -0.3 is 14.8 Å². The van der Waals surface area contributed by atoms with Crippen LogP contribution in [0.2, 0.25) is 5.02 Å². The Balaban J connectivity index is 1.74. The first-order chi connectivity index (χ1) is 13.3. The first kappa shape index (κ1) is 20.9. The molecular weight excluding hydrogens is 472 g/mol. The number of ether oxygens (including phenoxy) is 2. The number of hydrogen-bond donors (Lipinski definition) is 1. The molecule has 0 bridgehead atoms. The van der Waals surface area contributed by atoms with E-state index in [1.54, 1.807) is 31.2 Å². The van der Waals surface area contributed by atoms with Gasteiger partial charge in [0.1, 0.15) is 18.1 Å². The van der Waals surface area contributed by atoms with Crippen LogP contribution in [0.1, 0.15) is 6.92 Å². The lowest BCUT2D eigenvalue weighted by molar-refractivity contribution is -0.116. The number of likely N-dealkylation sites (N-methyl/N-ethyl adjacent to an activating group) is 1. The number of amides is 1. The number of sulfonamides is 1. The van der Waals surface area contributed by atoms with E-state index in [2.05, 4.69) is 21.2 Å². The molecule has 0 atom stereocenters. The Morgan fingerprint density at radius 2 is 1.89 bits per heavy atom. The zero-order chi connectivity index (χ0) is 20.3. The Morgan fingerprint density at radius 1 is 1.18 bits per heavy atom. The number of fused-ring (bicyclic) bond motifs is 1. The molecular formula is C18H18BrClN2O5S. The topological polar surface area (TPSA) is 84.9 Å². The predicted octanol–water partition coefficient (Wildman–Crippen LogP) is 3.52. The normalized spacial score (nSPS) is 13.4. The molecule has 0 saturated carbocycles. The van der Waals surface area contributed by atoms with Gasteiger partial charge in [-0.15, -0.1) is 0 Å². The zero-order valence-corrected chi connectivity index (χ0v) is 18.1. The van der Waals surface area contributed by atoms with E-state index in [1.807, 2.05) is 0 Å². The monoisotopic (exact) mass is 488 g/mol. The number of rotatable bonds is 6. The van der Waals surface area contributed by atoms with E-state index in [4.69, 9.17) is 21.1 Å². The van der Waals surface area contributed by atoms with Gasteiger partial charge >= 0.3 is 0 Å². The van der Waals surface area contributed by atoms with Crippen LogP contribution in [0.25, 0.3) is 0 Å². The minimum absolute atomic E-state index is 0.0497. The summed E-state index contributed by atoms with van der Waals surface area (Å²) >= 11 is 9.33. The van der Waals surface area contributed by atoms with Gasteiger partial charge in [0.2, 0.25) is 15.9 Å². The average molecular weight is 490 g/mol. The first-order valence-electron chi connectivity index (χ1n) is 8.46. The van der Waals surface area contributed by atoms with Crippen molar-refractivity contribution in [2.45, 2.75) is 11.8 Å². The molecule has 1 amide bonds. The van der Waals surface area contributed by atoms with Crippen LogP contribution in [0.5, 0.6) is 11.5 Å². The van der Waals surface area contributed by atoms with Gasteiger partial charge in [0.15, 0.2) is 11.5 Å². The van der Waals surface area contributed by atoms with Crippen molar-refractivity contribution in [1.29, 1.82) is 0 Å². The summed E-state index contributed by atoms with van der Waals surface area (Å²) in [6.07, 6.45) is 0. The van der Waals surface area contributed by atoms with Crippen molar-refractivity contribution in [1.82, 2.24) is 4.31 Å². The van der Waals surface area contributed by atoms with Gasteiger partial charge in [-0.1, -0.05) is 34.5 Å². The number of carbonyl (C=O) groups excluding carboxylic acids is 1. The molecule has 10 heteroatoms. The Kier molecular flexibility index (Phi) is 6.49. The fourth-order valence-electron chi connectivity index (χ4n) is 2.67. The summed E-state index contributed by atoms with van der Waals surface area (Å²) < 4.78 is 38.4. The molecule has 150 valence electrons. The highest BCUT2D eigenvalue weighted by Gasteiger charge is 2.27. The van der Waals surface area contributed by atoms with Crippen LogP contribution in [0, 0.1) is 0 Å². The minimum atomic E-state index is -3.93. The summed E-state index contributed by atoms with van der Waals surface area (Å²) in [6.45, 7) is 2.32. The van der Waals surface area contributed by atoms with Gasteiger partial charge in [-0.05, 0) is 30.3 Å². The van der Waals surface area contributed by atoms with Crippen molar-refractivity contribution in [3.05, 3.63) is 45.9 Å². The second-order valence-electron chi connectivity index (χ2n) is 5.91. The highest BCUT2D eigenvalue weighted by molar-refractivity contribution is 9.10. The summed E-state index contributed by atoms with van der Waals surface area (Å²) in [5, 5.41) is 2.77. The summed E-state index contributed by atoms with van der Waals surface area (Å²) in [6, 6.07) is 9.49. The Hall–Kier alpha value is -1.81. The molecule has 0 fully saturated rings. The van der Waals surface area contributed by atoms with Gasteiger partial charge in [0.25, 0.3) is 0 Å². The molecule has 0 saturated heterocycles. The molecule has 1 N–H and O–H groups in total. The number of nitrogens with zero attached hydrogens (tertiary/aromatic N) is 1. The third kappa shape index (κ3) is 4.60. The molecule has 1 aliphatic heterocycles. The van der Waals surface area contributed by atoms with Gasteiger partial charge in [-0.3, -0.25) is 4.79 Å². The summed E-state index contributed by atoms with van der Waals surface area (Å²) in [5.74, 6) is 0.660. The van der Waals surface area contributed by atoms with Crippen LogP contribution in [-0.2, 0) is 14.8 Å². The second-order valence-corrected chi connectivity index (χ2v) is 9.14. The molecule has 7 nitrogen and oxygen atoms in total. The van der Waals surface area contributed by atoms with E-state index in [1.165, 1.54) is 12.1 Å². The molecule has 2 aromatic rings. The number of halogens is 2. The van der Waals surface area contributed by atoms with Crippen molar-refractivity contribution < 1.29 is 22.7 Å². The fourth-order valence-corrected chi connectivity index (χ4v) is 5.09. The largest absolute Gasteiger partial charge is 0.486 e. The summed E-state index contributed by atoms with van der Waals surface area (Å²) in [4.78, 5) is 12.4. The van der Waals surface area contributed by atoms with Crippen LogP contribution < -0.4 is 14.8 Å².